The van der Waals surface area contributed by atoms with Crippen LogP contribution in [-0.2, 0) is 6.61 Å². The number of aryl methyl sites for hydroxylation is 1. The molecule has 20 heavy (non-hydrogen) atoms. The lowest BCUT2D eigenvalue weighted by Crippen LogP contribution is -1.94. The summed E-state index contributed by atoms with van der Waals surface area (Å²) in [5.74, 6) is 1.16. The van der Waals surface area contributed by atoms with Crippen LogP contribution in [0.4, 0.5) is 0 Å². The summed E-state index contributed by atoms with van der Waals surface area (Å²) in [6.45, 7) is 1.88. The van der Waals surface area contributed by atoms with Crippen molar-refractivity contribution in [2.45, 2.75) is 13.5 Å². The van der Waals surface area contributed by atoms with Crippen LogP contribution in [0.25, 0.3) is 10.8 Å². The van der Waals surface area contributed by atoms with Gasteiger partial charge in [0.25, 0.3) is 0 Å². The van der Waals surface area contributed by atoms with Gasteiger partial charge in [-0.15, -0.1) is 0 Å². The Morgan fingerprint density at radius 3 is 2.50 bits per heavy atom. The molecule has 0 aliphatic rings. The number of rotatable bonds is 3. The largest absolute Gasteiger partial charge is 0.437 e. The van der Waals surface area contributed by atoms with E-state index in [1.165, 1.54) is 0 Å². The monoisotopic (exact) mass is 266 g/mol. The molecule has 0 bridgehead atoms. The maximum atomic E-state index is 9.36. The van der Waals surface area contributed by atoms with Crippen molar-refractivity contribution < 1.29 is 9.84 Å². The minimum absolute atomic E-state index is 0.0418. The molecule has 1 aromatic carbocycles. The molecule has 0 spiro atoms. The zero-order valence-electron chi connectivity index (χ0n) is 11.1. The van der Waals surface area contributed by atoms with Crippen LogP contribution < -0.4 is 4.74 Å². The molecule has 0 atom stereocenters. The third-order valence-electron chi connectivity index (χ3n) is 3.11. The summed E-state index contributed by atoms with van der Waals surface area (Å²) >= 11 is 0. The highest BCUT2D eigenvalue weighted by Gasteiger charge is 2.08. The van der Waals surface area contributed by atoms with Crippen LogP contribution in [0.15, 0.2) is 48.8 Å². The maximum absolute atomic E-state index is 9.36. The molecule has 2 heterocycles. The first-order valence-corrected chi connectivity index (χ1v) is 6.36. The molecule has 0 unspecified atom stereocenters. The van der Waals surface area contributed by atoms with E-state index >= 15 is 0 Å². The smallest absolute Gasteiger partial charge is 0.227 e. The number of hydrogen-bond acceptors (Lipinski definition) is 4. The van der Waals surface area contributed by atoms with Crippen LogP contribution in [0, 0.1) is 6.92 Å². The van der Waals surface area contributed by atoms with Gasteiger partial charge in [-0.2, -0.15) is 0 Å². The molecular formula is C16H14N2O2. The fourth-order valence-electron chi connectivity index (χ4n) is 2.06. The van der Waals surface area contributed by atoms with Crippen LogP contribution in [-0.4, -0.2) is 15.1 Å². The lowest BCUT2D eigenvalue weighted by Gasteiger charge is -2.10. The Morgan fingerprint density at radius 2 is 1.80 bits per heavy atom. The van der Waals surface area contributed by atoms with E-state index in [1.54, 1.807) is 12.4 Å². The van der Waals surface area contributed by atoms with E-state index in [9.17, 15) is 5.11 Å². The predicted octanol–water partition coefficient (Wildman–Crippen LogP) is 3.22. The molecule has 0 fully saturated rings. The van der Waals surface area contributed by atoms with Crippen molar-refractivity contribution in [3.8, 4) is 11.6 Å². The van der Waals surface area contributed by atoms with Gasteiger partial charge in [-0.25, -0.2) is 4.98 Å². The first-order valence-electron chi connectivity index (χ1n) is 6.36. The van der Waals surface area contributed by atoms with Crippen molar-refractivity contribution in [3.05, 3.63) is 60.0 Å². The van der Waals surface area contributed by atoms with Gasteiger partial charge in [0.15, 0.2) is 0 Å². The summed E-state index contributed by atoms with van der Waals surface area (Å²) < 4.78 is 5.79. The first kappa shape index (κ1) is 12.6. The second-order valence-electron chi connectivity index (χ2n) is 4.53. The molecule has 0 amide bonds. The summed E-state index contributed by atoms with van der Waals surface area (Å²) in [4.78, 5) is 8.48. The topological polar surface area (TPSA) is 55.2 Å². The van der Waals surface area contributed by atoms with E-state index in [0.29, 0.717) is 11.6 Å². The molecule has 0 radical (unpaired) electrons. The van der Waals surface area contributed by atoms with Gasteiger partial charge < -0.3 is 9.84 Å². The average Bonchev–Trinajstić information content (AvgIpc) is 2.50. The number of hydrogen-bond donors (Lipinski definition) is 1. The zero-order valence-corrected chi connectivity index (χ0v) is 11.1. The fraction of sp³-hybridized carbons (Fsp3) is 0.125. The molecule has 4 nitrogen and oxygen atoms in total. The molecule has 2 aromatic heterocycles. The van der Waals surface area contributed by atoms with E-state index in [0.717, 1.165) is 22.0 Å². The third kappa shape index (κ3) is 2.33. The van der Waals surface area contributed by atoms with Gasteiger partial charge >= 0.3 is 0 Å². The van der Waals surface area contributed by atoms with Crippen LogP contribution in [0.1, 0.15) is 11.3 Å². The van der Waals surface area contributed by atoms with E-state index in [1.807, 2.05) is 43.3 Å². The second-order valence-corrected chi connectivity index (χ2v) is 4.53. The zero-order chi connectivity index (χ0) is 13.9. The standard InChI is InChI=1S/C16H14N2O2/c1-11-6-7-13(9-17-11)20-16-15-5-3-2-4-14(15)12(10-19)8-18-16/h2-9,19H,10H2,1H3. The van der Waals surface area contributed by atoms with Crippen molar-refractivity contribution in [2.75, 3.05) is 0 Å². The Morgan fingerprint density at radius 1 is 1.00 bits per heavy atom. The van der Waals surface area contributed by atoms with Crippen LogP contribution >= 0.6 is 0 Å². The molecule has 0 aliphatic heterocycles. The molecule has 3 rings (SSSR count). The Labute approximate surface area is 116 Å². The minimum Gasteiger partial charge on any atom is -0.437 e. The van der Waals surface area contributed by atoms with Gasteiger partial charge in [-0.1, -0.05) is 18.2 Å². The number of ether oxygens (including phenoxy) is 1. The number of nitrogens with zero attached hydrogens (tertiary/aromatic N) is 2. The lowest BCUT2D eigenvalue weighted by molar-refractivity contribution is 0.282. The van der Waals surface area contributed by atoms with Gasteiger partial charge in [0.2, 0.25) is 5.88 Å². The van der Waals surface area contributed by atoms with Crippen LogP contribution in [0.3, 0.4) is 0 Å². The van der Waals surface area contributed by atoms with Gasteiger partial charge in [0.1, 0.15) is 5.75 Å². The number of benzene rings is 1. The Kier molecular flexibility index (Phi) is 3.31. The van der Waals surface area contributed by atoms with Crippen molar-refractivity contribution in [2.24, 2.45) is 0 Å². The number of pyridine rings is 2. The quantitative estimate of drug-likeness (QED) is 0.790. The first-order chi connectivity index (χ1) is 9.78. The Bertz CT molecular complexity index is 739. The minimum atomic E-state index is -0.0418. The molecule has 1 N–H and O–H groups in total. The highest BCUT2D eigenvalue weighted by molar-refractivity contribution is 5.89. The molecule has 0 aliphatic carbocycles. The third-order valence-corrected chi connectivity index (χ3v) is 3.11. The number of fused-ring (bicyclic) bond motifs is 1. The fourth-order valence-corrected chi connectivity index (χ4v) is 2.06. The number of aliphatic hydroxyl groups excluding tert-OH is 1. The molecule has 4 heteroatoms. The number of aliphatic hydroxyl groups is 1. The van der Waals surface area contributed by atoms with Gasteiger partial charge in [0, 0.05) is 22.8 Å². The summed E-state index contributed by atoms with van der Waals surface area (Å²) in [6, 6.07) is 11.5. The van der Waals surface area contributed by atoms with Gasteiger partial charge in [0.05, 0.1) is 12.8 Å². The van der Waals surface area contributed by atoms with E-state index in [2.05, 4.69) is 9.97 Å². The second kappa shape index (κ2) is 5.27. The van der Waals surface area contributed by atoms with Crippen LogP contribution in [0.2, 0.25) is 0 Å². The van der Waals surface area contributed by atoms with E-state index in [-0.39, 0.29) is 6.61 Å². The lowest BCUT2D eigenvalue weighted by atomic mass is 10.1. The Hall–Kier alpha value is -2.46. The highest BCUT2D eigenvalue weighted by Crippen LogP contribution is 2.29. The van der Waals surface area contributed by atoms with Crippen molar-refractivity contribution in [1.29, 1.82) is 0 Å². The molecule has 0 saturated heterocycles. The van der Waals surface area contributed by atoms with Gasteiger partial charge in [-0.05, 0) is 30.5 Å². The summed E-state index contributed by atoms with van der Waals surface area (Å²) in [5.41, 5.74) is 1.72. The SMILES string of the molecule is Cc1ccc(Oc2ncc(CO)c3ccccc23)cn1. The predicted molar refractivity (Wildman–Crippen MR) is 76.7 cm³/mol. The summed E-state index contributed by atoms with van der Waals surface area (Å²) in [7, 11) is 0. The van der Waals surface area contributed by atoms with Crippen molar-refractivity contribution >= 4 is 10.8 Å². The van der Waals surface area contributed by atoms with Crippen molar-refractivity contribution in [3.63, 3.8) is 0 Å². The van der Waals surface area contributed by atoms with Crippen LogP contribution in [0.5, 0.6) is 11.6 Å². The highest BCUT2D eigenvalue weighted by atomic mass is 16.5. The molecule has 3 aromatic rings. The average molecular weight is 266 g/mol. The summed E-state index contributed by atoms with van der Waals surface area (Å²) in [6.07, 6.45) is 3.31. The van der Waals surface area contributed by atoms with E-state index < -0.39 is 0 Å². The van der Waals surface area contributed by atoms with Gasteiger partial charge in [-0.3, -0.25) is 4.98 Å². The molecular weight excluding hydrogens is 252 g/mol. The molecule has 0 saturated carbocycles. The van der Waals surface area contributed by atoms with Crippen molar-refractivity contribution in [1.82, 2.24) is 9.97 Å². The summed E-state index contributed by atoms with van der Waals surface area (Å²) in [5, 5.41) is 11.2. The number of aromatic nitrogens is 2. The molecule has 100 valence electrons. The van der Waals surface area contributed by atoms with E-state index in [4.69, 9.17) is 4.74 Å². The normalized spacial score (nSPS) is 10.7. The maximum Gasteiger partial charge on any atom is 0.227 e. The Balaban J connectivity index is 2.06.